The van der Waals surface area contributed by atoms with Crippen molar-refractivity contribution in [2.45, 2.75) is 38.6 Å². The lowest BCUT2D eigenvalue weighted by Crippen LogP contribution is -2.51. The highest BCUT2D eigenvalue weighted by Gasteiger charge is 2.35. The third kappa shape index (κ3) is 4.80. The molecular weight excluding hydrogens is 360 g/mol. The maximum atomic E-state index is 12.7. The molecule has 2 amide bonds. The van der Waals surface area contributed by atoms with Crippen LogP contribution in [0.5, 0.6) is 0 Å². The first kappa shape index (κ1) is 19.7. The van der Waals surface area contributed by atoms with Crippen LogP contribution in [0.3, 0.4) is 0 Å². The number of nitrogens with zero attached hydrogens (tertiary/aromatic N) is 4. The molecule has 1 unspecified atom stereocenters. The Morgan fingerprint density at radius 1 is 1.18 bits per heavy atom. The number of hydrogen-bond donors (Lipinski definition) is 3. The lowest BCUT2D eigenvalue weighted by molar-refractivity contribution is -0.173. The van der Waals surface area contributed by atoms with Crippen LogP contribution in [0.2, 0.25) is 0 Å². The summed E-state index contributed by atoms with van der Waals surface area (Å²) in [6.45, 7) is 2.16. The molecule has 0 radical (unpaired) electrons. The van der Waals surface area contributed by atoms with E-state index < -0.39 is 11.9 Å². The van der Waals surface area contributed by atoms with Gasteiger partial charge in [-0.05, 0) is 42.9 Å². The molecule has 28 heavy (non-hydrogen) atoms. The summed E-state index contributed by atoms with van der Waals surface area (Å²) in [4.78, 5) is 36.3. The van der Waals surface area contributed by atoms with Crippen molar-refractivity contribution in [3.05, 3.63) is 36.7 Å². The maximum Gasteiger partial charge on any atom is 0.264 e. The smallest absolute Gasteiger partial charge is 0.264 e. The SMILES string of the molecule is CC1CCC(C(C(=O)NNc2nccc(-c3ccccn3)n2)N(O)C=O)CC1. The number of pyridine rings is 1. The van der Waals surface area contributed by atoms with Crippen LogP contribution in [0.25, 0.3) is 11.4 Å². The van der Waals surface area contributed by atoms with Crippen molar-refractivity contribution in [3.63, 3.8) is 0 Å². The Balaban J connectivity index is 1.66. The average molecular weight is 384 g/mol. The van der Waals surface area contributed by atoms with E-state index in [4.69, 9.17) is 0 Å². The number of hydroxylamine groups is 2. The number of aromatic nitrogens is 3. The molecule has 3 rings (SSSR count). The molecule has 0 aromatic carbocycles. The van der Waals surface area contributed by atoms with Gasteiger partial charge in [0.05, 0.1) is 11.4 Å². The minimum Gasteiger partial charge on any atom is -0.285 e. The number of amides is 2. The Morgan fingerprint density at radius 2 is 1.96 bits per heavy atom. The summed E-state index contributed by atoms with van der Waals surface area (Å²) >= 11 is 0. The molecule has 0 spiro atoms. The summed E-state index contributed by atoms with van der Waals surface area (Å²) in [6.07, 6.45) is 6.95. The zero-order chi connectivity index (χ0) is 19.9. The predicted molar refractivity (Wildman–Crippen MR) is 102 cm³/mol. The summed E-state index contributed by atoms with van der Waals surface area (Å²) in [7, 11) is 0. The van der Waals surface area contributed by atoms with Gasteiger partial charge in [-0.15, -0.1) is 0 Å². The molecule has 1 aliphatic carbocycles. The summed E-state index contributed by atoms with van der Waals surface area (Å²) < 4.78 is 0. The van der Waals surface area contributed by atoms with Crippen molar-refractivity contribution in [3.8, 4) is 11.4 Å². The van der Waals surface area contributed by atoms with Crippen LogP contribution in [0.4, 0.5) is 5.95 Å². The second kappa shape index (κ2) is 9.23. The molecule has 0 saturated heterocycles. The molecule has 2 heterocycles. The van der Waals surface area contributed by atoms with Crippen LogP contribution in [0.15, 0.2) is 36.7 Å². The van der Waals surface area contributed by atoms with Crippen LogP contribution < -0.4 is 10.9 Å². The minimum absolute atomic E-state index is 0.103. The molecule has 0 bridgehead atoms. The Labute approximate surface area is 163 Å². The fraction of sp³-hybridized carbons (Fsp3) is 0.421. The summed E-state index contributed by atoms with van der Waals surface area (Å²) in [6, 6.07) is 6.23. The van der Waals surface area contributed by atoms with Gasteiger partial charge in [-0.2, -0.15) is 0 Å². The topological polar surface area (TPSA) is 120 Å². The normalized spacial score (nSPS) is 20.1. The van der Waals surface area contributed by atoms with Gasteiger partial charge in [0.25, 0.3) is 5.91 Å². The average Bonchev–Trinajstić information content (AvgIpc) is 2.74. The second-order valence-electron chi connectivity index (χ2n) is 7.04. The van der Waals surface area contributed by atoms with Crippen LogP contribution >= 0.6 is 0 Å². The number of hydrazine groups is 1. The van der Waals surface area contributed by atoms with Gasteiger partial charge in [-0.1, -0.05) is 25.8 Å². The Hall–Kier alpha value is -3.07. The quantitative estimate of drug-likeness (QED) is 0.379. The van der Waals surface area contributed by atoms with E-state index in [0.717, 1.165) is 25.7 Å². The van der Waals surface area contributed by atoms with E-state index in [2.05, 4.69) is 32.7 Å². The van der Waals surface area contributed by atoms with Gasteiger partial charge >= 0.3 is 0 Å². The number of rotatable bonds is 7. The molecule has 0 aliphatic heterocycles. The zero-order valence-corrected chi connectivity index (χ0v) is 15.7. The van der Waals surface area contributed by atoms with E-state index in [-0.39, 0.29) is 18.3 Å². The van der Waals surface area contributed by atoms with E-state index in [1.54, 1.807) is 18.5 Å². The lowest BCUT2D eigenvalue weighted by atomic mass is 9.79. The Morgan fingerprint density at radius 3 is 2.64 bits per heavy atom. The molecule has 9 nitrogen and oxygen atoms in total. The molecule has 9 heteroatoms. The third-order valence-electron chi connectivity index (χ3n) is 5.05. The second-order valence-corrected chi connectivity index (χ2v) is 7.04. The molecule has 2 aromatic heterocycles. The first-order valence-electron chi connectivity index (χ1n) is 9.31. The monoisotopic (exact) mass is 384 g/mol. The summed E-state index contributed by atoms with van der Waals surface area (Å²) in [5.41, 5.74) is 6.44. The molecule has 1 atom stereocenters. The van der Waals surface area contributed by atoms with Gasteiger partial charge in [0.1, 0.15) is 6.04 Å². The number of carbonyl (C=O) groups excluding carboxylic acids is 2. The predicted octanol–water partition coefficient (Wildman–Crippen LogP) is 2.02. The van der Waals surface area contributed by atoms with Gasteiger partial charge in [0, 0.05) is 12.4 Å². The van der Waals surface area contributed by atoms with Crippen LogP contribution in [0.1, 0.15) is 32.6 Å². The highest BCUT2D eigenvalue weighted by molar-refractivity contribution is 5.84. The highest BCUT2D eigenvalue weighted by atomic mass is 16.5. The highest BCUT2D eigenvalue weighted by Crippen LogP contribution is 2.32. The van der Waals surface area contributed by atoms with Crippen molar-refractivity contribution < 1.29 is 14.8 Å². The van der Waals surface area contributed by atoms with E-state index in [1.165, 1.54) is 0 Å². The molecule has 1 saturated carbocycles. The Kier molecular flexibility index (Phi) is 6.49. The van der Waals surface area contributed by atoms with Crippen molar-refractivity contribution in [2.24, 2.45) is 11.8 Å². The largest absolute Gasteiger partial charge is 0.285 e. The molecule has 148 valence electrons. The summed E-state index contributed by atoms with van der Waals surface area (Å²) in [5.74, 6) is 0.155. The first-order chi connectivity index (χ1) is 13.6. The summed E-state index contributed by atoms with van der Waals surface area (Å²) in [5, 5.41) is 10.4. The number of hydrogen-bond acceptors (Lipinski definition) is 7. The van der Waals surface area contributed by atoms with Crippen LogP contribution in [-0.2, 0) is 9.59 Å². The van der Waals surface area contributed by atoms with Crippen LogP contribution in [0, 0.1) is 11.8 Å². The van der Waals surface area contributed by atoms with Gasteiger partial charge in [-0.25, -0.2) is 15.0 Å². The molecular formula is C19H24N6O3. The molecule has 1 aliphatic rings. The zero-order valence-electron chi connectivity index (χ0n) is 15.7. The van der Waals surface area contributed by atoms with Gasteiger partial charge < -0.3 is 0 Å². The number of anilines is 1. The van der Waals surface area contributed by atoms with Crippen molar-refractivity contribution in [1.29, 1.82) is 0 Å². The lowest BCUT2D eigenvalue weighted by Gasteiger charge is -2.34. The van der Waals surface area contributed by atoms with E-state index in [0.29, 0.717) is 22.4 Å². The van der Waals surface area contributed by atoms with Crippen molar-refractivity contribution in [2.75, 3.05) is 5.43 Å². The number of nitrogens with one attached hydrogen (secondary N) is 2. The molecule has 3 N–H and O–H groups in total. The van der Waals surface area contributed by atoms with Gasteiger partial charge in [0.15, 0.2) is 0 Å². The standard InChI is InChI=1S/C19H24N6O3/c1-13-5-7-14(8-6-13)17(25(28)12-26)18(27)23-24-19-21-11-9-16(22-19)15-4-2-3-10-20-15/h2-4,9-14,17,28H,5-8H2,1H3,(H,23,27)(H,21,22,24). The molecule has 2 aromatic rings. The van der Waals surface area contributed by atoms with Gasteiger partial charge in [-0.3, -0.25) is 30.6 Å². The van der Waals surface area contributed by atoms with E-state index in [9.17, 15) is 14.8 Å². The van der Waals surface area contributed by atoms with Crippen LogP contribution in [-0.4, -0.2) is 43.6 Å². The van der Waals surface area contributed by atoms with E-state index >= 15 is 0 Å². The molecule has 1 fully saturated rings. The fourth-order valence-electron chi connectivity index (χ4n) is 3.48. The number of carbonyl (C=O) groups is 2. The van der Waals surface area contributed by atoms with Gasteiger partial charge in [0.2, 0.25) is 12.4 Å². The fourth-order valence-corrected chi connectivity index (χ4v) is 3.48. The maximum absolute atomic E-state index is 12.7. The third-order valence-corrected chi connectivity index (χ3v) is 5.05. The first-order valence-corrected chi connectivity index (χ1v) is 9.31. The van der Waals surface area contributed by atoms with Crippen molar-refractivity contribution >= 4 is 18.3 Å². The van der Waals surface area contributed by atoms with Crippen molar-refractivity contribution in [1.82, 2.24) is 25.4 Å². The van der Waals surface area contributed by atoms with E-state index in [1.807, 2.05) is 18.2 Å². The minimum atomic E-state index is -0.962. The Bertz CT molecular complexity index is 795.